The van der Waals surface area contributed by atoms with Crippen molar-refractivity contribution in [1.29, 1.82) is 0 Å². The Morgan fingerprint density at radius 2 is 2.00 bits per heavy atom. The van der Waals surface area contributed by atoms with E-state index in [1.54, 1.807) is 12.2 Å². The zero-order chi connectivity index (χ0) is 25.1. The molecule has 1 saturated heterocycles. The summed E-state index contributed by atoms with van der Waals surface area (Å²) in [5.74, 6) is 0.252. The highest BCUT2D eigenvalue weighted by molar-refractivity contribution is 5.74. The van der Waals surface area contributed by atoms with Crippen LogP contribution in [0.5, 0.6) is 0 Å². The van der Waals surface area contributed by atoms with Gasteiger partial charge in [0.05, 0.1) is 12.7 Å². The van der Waals surface area contributed by atoms with Crippen LogP contribution in [0.4, 0.5) is 0 Å². The van der Waals surface area contributed by atoms with Crippen LogP contribution in [0.25, 0.3) is 0 Å². The van der Waals surface area contributed by atoms with Crippen molar-refractivity contribution in [2.75, 3.05) is 6.61 Å². The van der Waals surface area contributed by atoms with Crippen LogP contribution in [0.3, 0.4) is 0 Å². The van der Waals surface area contributed by atoms with E-state index >= 15 is 0 Å². The van der Waals surface area contributed by atoms with Crippen LogP contribution < -0.4 is 0 Å². The molecule has 6 nitrogen and oxygen atoms in total. The Labute approximate surface area is 188 Å². The number of aldehydes is 1. The van der Waals surface area contributed by atoms with E-state index < -0.39 is 43.0 Å². The lowest BCUT2D eigenvalue weighted by molar-refractivity contribution is -0.291. The minimum atomic E-state index is -2.47. The van der Waals surface area contributed by atoms with Crippen molar-refractivity contribution < 1.29 is 33.7 Å². The van der Waals surface area contributed by atoms with Gasteiger partial charge in [-0.1, -0.05) is 45.3 Å². The van der Waals surface area contributed by atoms with E-state index in [-0.39, 0.29) is 24.4 Å². The fourth-order valence-corrected chi connectivity index (χ4v) is 5.73. The van der Waals surface area contributed by atoms with Crippen LogP contribution in [0.1, 0.15) is 63.8 Å². The number of hydrogen-bond donors (Lipinski definition) is 3. The van der Waals surface area contributed by atoms with E-state index in [2.05, 4.69) is 20.8 Å². The maximum Gasteiger partial charge on any atom is 0.186 e. The van der Waals surface area contributed by atoms with Crippen molar-refractivity contribution in [2.24, 2.45) is 16.7 Å². The van der Waals surface area contributed by atoms with Gasteiger partial charge < -0.3 is 24.8 Å². The molecule has 0 amide bonds. The molecule has 1 heterocycles. The maximum atomic E-state index is 11.9. The number of carbonyl (C=O) groups is 1. The van der Waals surface area contributed by atoms with E-state index in [1.165, 1.54) is 5.57 Å². The zero-order valence-corrected chi connectivity index (χ0v) is 18.5. The summed E-state index contributed by atoms with van der Waals surface area (Å²) in [5.41, 5.74) is 1.84. The third-order valence-corrected chi connectivity index (χ3v) is 7.73. The Hall–Kier alpha value is -1.31. The molecule has 4 aliphatic rings. The predicted molar refractivity (Wildman–Crippen MR) is 116 cm³/mol. The average molecular weight is 436 g/mol. The highest BCUT2D eigenvalue weighted by Crippen LogP contribution is 2.62. The van der Waals surface area contributed by atoms with Crippen molar-refractivity contribution >= 4 is 6.29 Å². The van der Waals surface area contributed by atoms with Crippen molar-refractivity contribution in [1.82, 2.24) is 0 Å². The summed E-state index contributed by atoms with van der Waals surface area (Å²) in [6, 6.07) is 0. The number of allylic oxidation sites excluding steroid dienone is 4. The molecule has 0 spiro atoms. The molecule has 3 N–H and O–H groups in total. The van der Waals surface area contributed by atoms with Crippen LogP contribution in [-0.4, -0.2) is 58.9 Å². The highest BCUT2D eigenvalue weighted by Gasteiger charge is 2.53. The fraction of sp³-hybridized carbons (Fsp3) is 0.720. The Bertz CT molecular complexity index is 922. The number of ether oxygens (including phenoxy) is 2. The molecule has 0 aromatic carbocycles. The van der Waals surface area contributed by atoms with Gasteiger partial charge in [0.15, 0.2) is 6.29 Å². The Kier molecular flexibility index (Phi) is 5.10. The second-order valence-corrected chi connectivity index (χ2v) is 10.1. The quantitative estimate of drug-likeness (QED) is 0.588. The third kappa shape index (κ3) is 3.76. The molecule has 6 heteroatoms. The third-order valence-electron chi connectivity index (χ3n) is 7.73. The van der Waals surface area contributed by atoms with Gasteiger partial charge in [0.2, 0.25) is 0 Å². The first-order valence-electron chi connectivity index (χ1n) is 12.8. The number of hydrogen-bond acceptors (Lipinski definition) is 6. The molecular formula is C25H36O6. The van der Waals surface area contributed by atoms with Gasteiger partial charge in [-0.05, 0) is 53.7 Å². The Balaban J connectivity index is 1.86. The molecule has 4 rings (SSSR count). The molecule has 7 atom stereocenters. The molecule has 0 unspecified atom stereocenters. The summed E-state index contributed by atoms with van der Waals surface area (Å²) >= 11 is 0. The van der Waals surface area contributed by atoms with E-state index in [0.29, 0.717) is 30.3 Å². The summed E-state index contributed by atoms with van der Waals surface area (Å²) in [7, 11) is 0. The summed E-state index contributed by atoms with van der Waals surface area (Å²) < 4.78 is 37.8. The van der Waals surface area contributed by atoms with Crippen molar-refractivity contribution in [2.45, 2.75) is 90.4 Å². The molecule has 0 aromatic rings. The first kappa shape index (κ1) is 19.2. The van der Waals surface area contributed by atoms with Crippen LogP contribution in [0, 0.1) is 16.7 Å². The van der Waals surface area contributed by atoms with Gasteiger partial charge in [-0.25, -0.2) is 0 Å². The molecule has 172 valence electrons. The lowest BCUT2D eigenvalue weighted by Crippen LogP contribution is -2.56. The lowest BCUT2D eigenvalue weighted by atomic mass is 9.57. The molecule has 31 heavy (non-hydrogen) atoms. The minimum absolute atomic E-state index is 0.0358. The SMILES string of the molecule is [2H]C([2H])([2H])[C@@]12CC[C@@]3(C)CCC(C(C)C)=C3C1=CC=C(C=O)C[C@@H]2O[C@@H]1OC[C@@H](O)[C@H](O)[C@H]1O. The maximum absolute atomic E-state index is 11.9. The van der Waals surface area contributed by atoms with Gasteiger partial charge in [-0.2, -0.15) is 0 Å². The van der Waals surface area contributed by atoms with E-state index in [0.717, 1.165) is 18.4 Å². The molecule has 0 aromatic heterocycles. The summed E-state index contributed by atoms with van der Waals surface area (Å²) in [5, 5.41) is 30.5. The van der Waals surface area contributed by atoms with Gasteiger partial charge in [0.25, 0.3) is 0 Å². The highest BCUT2D eigenvalue weighted by atomic mass is 16.7. The molecule has 3 aliphatic carbocycles. The van der Waals surface area contributed by atoms with Gasteiger partial charge in [-0.3, -0.25) is 4.79 Å². The monoisotopic (exact) mass is 435 g/mol. The van der Waals surface area contributed by atoms with Crippen LogP contribution in [-0.2, 0) is 14.3 Å². The standard InChI is InChI=1S/C25H36O6/c1-14(2)16-7-8-24(3)9-10-25(4)17(20(16)24)6-5-15(12-26)11-19(25)31-23-22(29)21(28)18(27)13-30-23/h5-6,12,14,18-19,21-23,27-29H,7-11,13H2,1-4H3/t18-,19+,21+,22-,23+,24-,25-/m1/s1/i4D3. The Morgan fingerprint density at radius 3 is 2.68 bits per heavy atom. The second kappa shape index (κ2) is 8.23. The number of carbonyl (C=O) groups excluding carboxylic acids is 1. The smallest absolute Gasteiger partial charge is 0.186 e. The van der Waals surface area contributed by atoms with E-state index in [9.17, 15) is 20.1 Å². The molecular weight excluding hydrogens is 396 g/mol. The molecule has 1 aliphatic heterocycles. The first-order valence-corrected chi connectivity index (χ1v) is 11.3. The van der Waals surface area contributed by atoms with Gasteiger partial charge in [0, 0.05) is 15.9 Å². The minimum Gasteiger partial charge on any atom is -0.388 e. The molecule has 2 fully saturated rings. The molecule has 0 bridgehead atoms. The summed E-state index contributed by atoms with van der Waals surface area (Å²) in [4.78, 5) is 11.9. The van der Waals surface area contributed by atoms with Crippen LogP contribution in [0.2, 0.25) is 0 Å². The lowest BCUT2D eigenvalue weighted by Gasteiger charge is -2.50. The largest absolute Gasteiger partial charge is 0.388 e. The van der Waals surface area contributed by atoms with Crippen molar-refractivity contribution in [3.63, 3.8) is 0 Å². The number of fused-ring (bicyclic) bond motifs is 3. The van der Waals surface area contributed by atoms with Gasteiger partial charge in [-0.15, -0.1) is 0 Å². The van der Waals surface area contributed by atoms with E-state index in [4.69, 9.17) is 13.6 Å². The van der Waals surface area contributed by atoms with Gasteiger partial charge in [0.1, 0.15) is 24.6 Å². The van der Waals surface area contributed by atoms with Crippen molar-refractivity contribution in [3.05, 3.63) is 34.4 Å². The van der Waals surface area contributed by atoms with Crippen LogP contribution >= 0.6 is 0 Å². The van der Waals surface area contributed by atoms with Gasteiger partial charge >= 0.3 is 0 Å². The number of aliphatic hydroxyl groups is 3. The predicted octanol–water partition coefficient (Wildman–Crippen LogP) is 2.82. The fourth-order valence-electron chi connectivity index (χ4n) is 5.73. The first-order chi connectivity index (χ1) is 15.9. The summed E-state index contributed by atoms with van der Waals surface area (Å²) in [6.45, 7) is 3.72. The molecule has 1 saturated carbocycles. The number of rotatable bonds is 4. The molecule has 0 radical (unpaired) electrons. The van der Waals surface area contributed by atoms with E-state index in [1.807, 2.05) is 0 Å². The zero-order valence-electron chi connectivity index (χ0n) is 21.5. The topological polar surface area (TPSA) is 96.2 Å². The van der Waals surface area contributed by atoms with Crippen LogP contribution in [0.15, 0.2) is 34.4 Å². The Morgan fingerprint density at radius 1 is 1.23 bits per heavy atom. The number of aliphatic hydroxyl groups excluding tert-OH is 3. The second-order valence-electron chi connectivity index (χ2n) is 10.1. The summed E-state index contributed by atoms with van der Waals surface area (Å²) in [6.07, 6.45) is 0.462. The van der Waals surface area contributed by atoms with Crippen molar-refractivity contribution in [3.8, 4) is 0 Å². The normalized spacial score (nSPS) is 45.0. The average Bonchev–Trinajstić information content (AvgIpc) is 3.03.